The lowest BCUT2D eigenvalue weighted by atomic mass is 10.2. The van der Waals surface area contributed by atoms with Crippen LogP contribution in [0.3, 0.4) is 0 Å². The Labute approximate surface area is 124 Å². The van der Waals surface area contributed by atoms with Gasteiger partial charge in [0, 0.05) is 10.9 Å². The van der Waals surface area contributed by atoms with Crippen molar-refractivity contribution in [2.24, 2.45) is 0 Å². The fourth-order valence-electron chi connectivity index (χ4n) is 1.73. The first kappa shape index (κ1) is 13.6. The molecule has 2 aromatic rings. The summed E-state index contributed by atoms with van der Waals surface area (Å²) in [7, 11) is 0. The molecule has 1 amide bonds. The van der Waals surface area contributed by atoms with E-state index in [0.717, 1.165) is 5.56 Å². The second-order valence-electron chi connectivity index (χ2n) is 4.20. The van der Waals surface area contributed by atoms with E-state index in [1.807, 2.05) is 0 Å². The zero-order valence-electron chi connectivity index (χ0n) is 10.8. The summed E-state index contributed by atoms with van der Waals surface area (Å²) in [6, 6.07) is 6.00. The van der Waals surface area contributed by atoms with E-state index in [1.54, 1.807) is 17.5 Å². The van der Waals surface area contributed by atoms with Gasteiger partial charge in [-0.25, -0.2) is 9.37 Å². The summed E-state index contributed by atoms with van der Waals surface area (Å²) in [5.41, 5.74) is 1.45. The quantitative estimate of drug-likeness (QED) is 0.947. The fourth-order valence-corrected chi connectivity index (χ4v) is 2.45. The molecule has 3 rings (SSSR count). The number of anilines is 1. The molecule has 7 heteroatoms. The number of hydrogen-bond acceptors (Lipinski definition) is 5. The van der Waals surface area contributed by atoms with Crippen LogP contribution < -0.4 is 5.32 Å². The Bertz CT molecular complexity index is 682. The maximum Gasteiger partial charge on any atom is 0.295 e. The van der Waals surface area contributed by atoms with Gasteiger partial charge in [-0.1, -0.05) is 0 Å². The molecule has 5 nitrogen and oxygen atoms in total. The number of rotatable bonds is 3. The van der Waals surface area contributed by atoms with Crippen LogP contribution in [0.25, 0.3) is 11.3 Å². The summed E-state index contributed by atoms with van der Waals surface area (Å²) in [5, 5.41) is 4.86. The number of halogens is 1. The molecule has 0 bridgehead atoms. The molecular formula is C14H11FN2O3S. The summed E-state index contributed by atoms with van der Waals surface area (Å²) in [6.07, 6.45) is 1.29. The zero-order valence-corrected chi connectivity index (χ0v) is 11.7. The molecule has 0 saturated carbocycles. The van der Waals surface area contributed by atoms with E-state index in [0.29, 0.717) is 24.0 Å². The second kappa shape index (κ2) is 5.92. The smallest absolute Gasteiger partial charge is 0.295 e. The Morgan fingerprint density at radius 1 is 1.29 bits per heavy atom. The summed E-state index contributed by atoms with van der Waals surface area (Å²) >= 11 is 1.28. The van der Waals surface area contributed by atoms with Crippen molar-refractivity contribution >= 4 is 22.4 Å². The number of ether oxygens (including phenoxy) is 2. The molecule has 0 spiro atoms. The maximum absolute atomic E-state index is 12.9. The molecule has 1 aromatic heterocycles. The Hall–Kier alpha value is -2.41. The number of carbonyl (C=O) groups excluding carboxylic acids is 1. The fraction of sp³-hybridized carbons (Fsp3) is 0.143. The first-order valence-corrected chi connectivity index (χ1v) is 7.08. The molecule has 0 atom stereocenters. The number of hydrogen-bond donors (Lipinski definition) is 1. The van der Waals surface area contributed by atoms with Crippen LogP contribution in [0.1, 0.15) is 0 Å². The average molecular weight is 306 g/mol. The molecule has 108 valence electrons. The second-order valence-corrected chi connectivity index (χ2v) is 5.06. The first-order chi connectivity index (χ1) is 10.2. The number of benzene rings is 1. The number of thiazole rings is 1. The summed E-state index contributed by atoms with van der Waals surface area (Å²) in [6.45, 7) is 0.778. The highest BCUT2D eigenvalue weighted by Crippen LogP contribution is 2.25. The number of amides is 1. The van der Waals surface area contributed by atoms with Crippen LogP contribution in [0.4, 0.5) is 9.52 Å². The van der Waals surface area contributed by atoms with Gasteiger partial charge in [-0.05, 0) is 24.3 Å². The van der Waals surface area contributed by atoms with Crippen LogP contribution in [0.15, 0.2) is 41.7 Å². The lowest BCUT2D eigenvalue weighted by Crippen LogP contribution is -2.21. The highest BCUT2D eigenvalue weighted by molar-refractivity contribution is 7.14. The van der Waals surface area contributed by atoms with Gasteiger partial charge in [0.1, 0.15) is 25.3 Å². The van der Waals surface area contributed by atoms with E-state index in [4.69, 9.17) is 9.47 Å². The van der Waals surface area contributed by atoms with Crippen molar-refractivity contribution in [3.63, 3.8) is 0 Å². The predicted octanol–water partition coefficient (Wildman–Crippen LogP) is 2.78. The molecule has 0 unspecified atom stereocenters. The normalized spacial score (nSPS) is 13.9. The van der Waals surface area contributed by atoms with Gasteiger partial charge in [0.2, 0.25) is 5.76 Å². The molecule has 21 heavy (non-hydrogen) atoms. The maximum atomic E-state index is 12.9. The van der Waals surface area contributed by atoms with Crippen molar-refractivity contribution in [3.8, 4) is 11.3 Å². The van der Waals surface area contributed by atoms with Gasteiger partial charge < -0.3 is 9.47 Å². The number of nitrogens with one attached hydrogen (secondary N) is 1. The Balaban J connectivity index is 1.71. The summed E-state index contributed by atoms with van der Waals surface area (Å²) in [4.78, 5) is 16.2. The van der Waals surface area contributed by atoms with Crippen molar-refractivity contribution < 1.29 is 18.7 Å². The van der Waals surface area contributed by atoms with Gasteiger partial charge >= 0.3 is 0 Å². The highest BCUT2D eigenvalue weighted by Gasteiger charge is 2.16. The predicted molar refractivity (Wildman–Crippen MR) is 76.1 cm³/mol. The lowest BCUT2D eigenvalue weighted by Gasteiger charge is -2.14. The van der Waals surface area contributed by atoms with Gasteiger partial charge in [0.25, 0.3) is 5.91 Å². The number of carbonyl (C=O) groups is 1. The molecule has 0 aliphatic carbocycles. The van der Waals surface area contributed by atoms with Crippen LogP contribution in [-0.4, -0.2) is 24.1 Å². The largest absolute Gasteiger partial charge is 0.494 e. The van der Waals surface area contributed by atoms with E-state index in [2.05, 4.69) is 10.3 Å². The van der Waals surface area contributed by atoms with Gasteiger partial charge in [-0.3, -0.25) is 10.1 Å². The van der Waals surface area contributed by atoms with Crippen LogP contribution in [-0.2, 0) is 14.3 Å². The van der Waals surface area contributed by atoms with Crippen molar-refractivity contribution in [2.45, 2.75) is 0 Å². The molecule has 0 radical (unpaired) electrons. The Morgan fingerprint density at radius 2 is 2.10 bits per heavy atom. The van der Waals surface area contributed by atoms with Crippen molar-refractivity contribution in [1.82, 2.24) is 4.98 Å². The molecule has 0 saturated heterocycles. The monoisotopic (exact) mass is 306 g/mol. The third-order valence-electron chi connectivity index (χ3n) is 2.74. The minimum absolute atomic E-state index is 0.125. The molecule has 0 fully saturated rings. The number of aromatic nitrogens is 1. The van der Waals surface area contributed by atoms with Crippen LogP contribution in [0.2, 0.25) is 0 Å². The van der Waals surface area contributed by atoms with Crippen molar-refractivity contribution in [3.05, 3.63) is 47.5 Å². The molecule has 1 aromatic carbocycles. The molecule has 1 aliphatic rings. The van der Waals surface area contributed by atoms with Gasteiger partial charge in [0.15, 0.2) is 5.13 Å². The van der Waals surface area contributed by atoms with Crippen molar-refractivity contribution in [1.29, 1.82) is 0 Å². The molecule has 2 heterocycles. The number of nitrogens with zero attached hydrogens (tertiary/aromatic N) is 1. The SMILES string of the molecule is O=C(Nc1nc(-c2ccc(F)cc2)cs1)C1=COCCO1. The molecular weight excluding hydrogens is 295 g/mol. The van der Waals surface area contributed by atoms with Gasteiger partial charge in [-0.2, -0.15) is 0 Å². The molecule has 1 aliphatic heterocycles. The zero-order chi connectivity index (χ0) is 14.7. The third kappa shape index (κ3) is 3.19. The standard InChI is InChI=1S/C14H11FN2O3S/c15-10-3-1-9(2-4-10)11-8-21-14(16-11)17-13(18)12-7-19-5-6-20-12/h1-4,7-8H,5-6H2,(H,16,17,18). The van der Waals surface area contributed by atoms with Gasteiger partial charge in [-0.15, -0.1) is 11.3 Å². The van der Waals surface area contributed by atoms with Gasteiger partial charge in [0.05, 0.1) is 5.69 Å². The summed E-state index contributed by atoms with van der Waals surface area (Å²) < 4.78 is 23.1. The molecule has 1 N–H and O–H groups in total. The minimum Gasteiger partial charge on any atom is -0.494 e. The third-order valence-corrected chi connectivity index (χ3v) is 3.50. The first-order valence-electron chi connectivity index (χ1n) is 6.20. The van der Waals surface area contributed by atoms with E-state index < -0.39 is 5.91 Å². The van der Waals surface area contributed by atoms with Crippen LogP contribution >= 0.6 is 11.3 Å². The van der Waals surface area contributed by atoms with Crippen LogP contribution in [0, 0.1) is 5.82 Å². The minimum atomic E-state index is -0.408. The Morgan fingerprint density at radius 3 is 2.81 bits per heavy atom. The van der Waals surface area contributed by atoms with E-state index in [-0.39, 0.29) is 11.6 Å². The van der Waals surface area contributed by atoms with Crippen LogP contribution in [0.5, 0.6) is 0 Å². The van der Waals surface area contributed by atoms with E-state index in [9.17, 15) is 9.18 Å². The van der Waals surface area contributed by atoms with E-state index in [1.165, 1.54) is 29.7 Å². The lowest BCUT2D eigenvalue weighted by molar-refractivity contribution is -0.117. The topological polar surface area (TPSA) is 60.5 Å². The van der Waals surface area contributed by atoms with Crippen molar-refractivity contribution in [2.75, 3.05) is 18.5 Å². The Kier molecular flexibility index (Phi) is 3.83. The average Bonchev–Trinajstić information content (AvgIpc) is 2.97. The van der Waals surface area contributed by atoms with E-state index >= 15 is 0 Å². The highest BCUT2D eigenvalue weighted by atomic mass is 32.1. The summed E-state index contributed by atoms with van der Waals surface area (Å²) in [5.74, 6) is -0.585.